The summed E-state index contributed by atoms with van der Waals surface area (Å²) in [4.78, 5) is 24.7. The number of rotatable bonds is 6. The van der Waals surface area contributed by atoms with Crippen molar-refractivity contribution in [1.82, 2.24) is 5.32 Å². The first kappa shape index (κ1) is 21.5. The van der Waals surface area contributed by atoms with Gasteiger partial charge in [0.25, 0.3) is 0 Å². The van der Waals surface area contributed by atoms with Gasteiger partial charge in [-0.2, -0.15) is 0 Å². The monoisotopic (exact) mass is 408 g/mol. The fourth-order valence-corrected chi connectivity index (χ4v) is 3.71. The predicted octanol–water partition coefficient (Wildman–Crippen LogP) is 2.33. The van der Waals surface area contributed by atoms with Gasteiger partial charge in [0, 0.05) is 17.1 Å². The molecule has 0 saturated carbocycles. The normalized spacial score (nSPS) is 17.4. The summed E-state index contributed by atoms with van der Waals surface area (Å²) in [6.07, 6.45) is 0.638. The summed E-state index contributed by atoms with van der Waals surface area (Å²) in [6.45, 7) is 6.69. The maximum Gasteiger partial charge on any atom is 0.337 e. The van der Waals surface area contributed by atoms with Crippen LogP contribution in [-0.4, -0.2) is 37.8 Å². The van der Waals surface area contributed by atoms with Crippen molar-refractivity contribution in [3.8, 4) is 0 Å². The van der Waals surface area contributed by atoms with E-state index in [0.29, 0.717) is 17.0 Å². The fraction of sp³-hybridized carbons (Fsp3) is 0.368. The van der Waals surface area contributed by atoms with Gasteiger partial charge < -0.3 is 15.2 Å². The van der Waals surface area contributed by atoms with E-state index in [9.17, 15) is 23.1 Å². The number of carbonyl (C=O) groups excluding carboxylic acids is 1. The molecule has 1 atom stereocenters. The molecule has 1 aliphatic rings. The number of carbonyl (C=O) groups is 2. The number of dihydropyridines is 1. The third-order valence-corrected chi connectivity index (χ3v) is 4.68. The van der Waals surface area contributed by atoms with Crippen molar-refractivity contribution in [3.05, 3.63) is 52.4 Å². The zero-order valence-corrected chi connectivity index (χ0v) is 17.2. The molecule has 152 valence electrons. The minimum atomic E-state index is -3.52. The van der Waals surface area contributed by atoms with Gasteiger partial charge in [0.2, 0.25) is 10.0 Å². The summed E-state index contributed by atoms with van der Waals surface area (Å²) < 4.78 is 30.8. The molecule has 0 amide bonds. The van der Waals surface area contributed by atoms with Gasteiger partial charge in [-0.3, -0.25) is 4.72 Å². The summed E-state index contributed by atoms with van der Waals surface area (Å²) in [5.74, 6) is -2.72. The quantitative estimate of drug-likeness (QED) is 0.618. The fourth-order valence-electron chi connectivity index (χ4n) is 3.15. The molecule has 1 aromatic rings. The molecular weight excluding hydrogens is 384 g/mol. The van der Waals surface area contributed by atoms with Crippen LogP contribution in [0, 0.1) is 0 Å². The Kier molecular flexibility index (Phi) is 6.18. The van der Waals surface area contributed by atoms with E-state index in [-0.39, 0.29) is 22.9 Å². The molecule has 8 nitrogen and oxygen atoms in total. The standard InChI is InChI=1S/C19H24N2O6S/c1-10(2)27-19(24)16-12(4)20-11(3)15(18(22)23)17(16)13-7-6-8-14(9-13)21-28(5,25)26/h6-10,17,20-21H,1-5H3,(H,22,23). The number of sulfonamides is 1. The van der Waals surface area contributed by atoms with Gasteiger partial charge in [-0.1, -0.05) is 12.1 Å². The molecule has 0 fully saturated rings. The Hall–Kier alpha value is -2.81. The third kappa shape index (κ3) is 4.92. The number of hydrogen-bond acceptors (Lipinski definition) is 6. The summed E-state index contributed by atoms with van der Waals surface area (Å²) in [6, 6.07) is 6.31. The topological polar surface area (TPSA) is 122 Å². The van der Waals surface area contributed by atoms with Crippen LogP contribution in [0.25, 0.3) is 0 Å². The molecular formula is C19H24N2O6S. The molecule has 0 radical (unpaired) electrons. The molecule has 0 aromatic heterocycles. The Morgan fingerprint density at radius 1 is 1.18 bits per heavy atom. The zero-order chi connectivity index (χ0) is 21.2. The second kappa shape index (κ2) is 8.05. The molecule has 2 rings (SSSR count). The first-order valence-corrected chi connectivity index (χ1v) is 10.5. The summed E-state index contributed by atoms with van der Waals surface area (Å²) in [7, 11) is -3.52. The average Bonchev–Trinajstić information content (AvgIpc) is 2.51. The van der Waals surface area contributed by atoms with E-state index in [1.807, 2.05) is 0 Å². The van der Waals surface area contributed by atoms with Crippen LogP contribution < -0.4 is 10.0 Å². The molecule has 1 unspecified atom stereocenters. The predicted molar refractivity (Wildman–Crippen MR) is 105 cm³/mol. The number of nitrogens with one attached hydrogen (secondary N) is 2. The van der Waals surface area contributed by atoms with Crippen molar-refractivity contribution in [3.63, 3.8) is 0 Å². The van der Waals surface area contributed by atoms with Crippen LogP contribution in [0.15, 0.2) is 46.8 Å². The highest BCUT2D eigenvalue weighted by Crippen LogP contribution is 2.39. The van der Waals surface area contributed by atoms with Crippen LogP contribution in [0.1, 0.15) is 39.2 Å². The van der Waals surface area contributed by atoms with E-state index >= 15 is 0 Å². The van der Waals surface area contributed by atoms with Crippen molar-refractivity contribution >= 4 is 27.6 Å². The van der Waals surface area contributed by atoms with E-state index in [4.69, 9.17) is 4.74 Å². The third-order valence-electron chi connectivity index (χ3n) is 4.08. The number of benzene rings is 1. The molecule has 0 aliphatic carbocycles. The Balaban J connectivity index is 2.65. The maximum atomic E-state index is 12.7. The molecule has 1 heterocycles. The number of allylic oxidation sites excluding steroid dienone is 2. The maximum absolute atomic E-state index is 12.7. The highest BCUT2D eigenvalue weighted by Gasteiger charge is 2.37. The number of carboxylic acids is 1. The summed E-state index contributed by atoms with van der Waals surface area (Å²) in [5.41, 5.74) is 1.79. The van der Waals surface area contributed by atoms with Crippen LogP contribution in [0.5, 0.6) is 0 Å². The number of carboxylic acid groups (broad SMARTS) is 1. The molecule has 0 bridgehead atoms. The molecule has 0 spiro atoms. The van der Waals surface area contributed by atoms with Gasteiger partial charge in [-0.15, -0.1) is 0 Å². The van der Waals surface area contributed by atoms with Crippen LogP contribution in [0.2, 0.25) is 0 Å². The molecule has 28 heavy (non-hydrogen) atoms. The molecule has 0 saturated heterocycles. The lowest BCUT2D eigenvalue weighted by atomic mass is 9.80. The number of ether oxygens (including phenoxy) is 1. The van der Waals surface area contributed by atoms with Gasteiger partial charge >= 0.3 is 11.9 Å². The van der Waals surface area contributed by atoms with Crippen molar-refractivity contribution < 1.29 is 27.9 Å². The Bertz CT molecular complexity index is 976. The van der Waals surface area contributed by atoms with Crippen LogP contribution in [-0.2, 0) is 24.3 Å². The molecule has 1 aromatic carbocycles. The van der Waals surface area contributed by atoms with Gasteiger partial charge in [-0.05, 0) is 45.4 Å². The van der Waals surface area contributed by atoms with E-state index < -0.39 is 27.9 Å². The van der Waals surface area contributed by atoms with Gasteiger partial charge in [0.15, 0.2) is 0 Å². The van der Waals surface area contributed by atoms with Gasteiger partial charge in [0.05, 0.1) is 29.4 Å². The van der Waals surface area contributed by atoms with E-state index in [0.717, 1.165) is 6.26 Å². The lowest BCUT2D eigenvalue weighted by Crippen LogP contribution is -2.32. The number of aliphatic carboxylic acids is 1. The summed E-state index contributed by atoms with van der Waals surface area (Å²) >= 11 is 0. The highest BCUT2D eigenvalue weighted by atomic mass is 32.2. The minimum absolute atomic E-state index is 0.00203. The van der Waals surface area contributed by atoms with Crippen molar-refractivity contribution in [2.75, 3.05) is 11.0 Å². The minimum Gasteiger partial charge on any atom is -0.478 e. The van der Waals surface area contributed by atoms with Gasteiger partial charge in [0.1, 0.15) is 0 Å². The first-order valence-electron chi connectivity index (χ1n) is 8.61. The van der Waals surface area contributed by atoms with Crippen LogP contribution in [0.4, 0.5) is 5.69 Å². The van der Waals surface area contributed by atoms with Crippen LogP contribution >= 0.6 is 0 Å². The summed E-state index contributed by atoms with van der Waals surface area (Å²) in [5, 5.41) is 12.7. The van der Waals surface area contributed by atoms with Gasteiger partial charge in [-0.25, -0.2) is 18.0 Å². The van der Waals surface area contributed by atoms with E-state index in [1.54, 1.807) is 45.9 Å². The zero-order valence-electron chi connectivity index (χ0n) is 16.4. The highest BCUT2D eigenvalue weighted by molar-refractivity contribution is 7.92. The first-order chi connectivity index (χ1) is 12.9. The smallest absolute Gasteiger partial charge is 0.337 e. The Morgan fingerprint density at radius 3 is 2.32 bits per heavy atom. The SMILES string of the molecule is CC1=C(C(=O)O)C(c2cccc(NS(C)(=O)=O)c2)C(C(=O)OC(C)C)=C(C)N1. The second-order valence-electron chi connectivity index (χ2n) is 6.89. The van der Waals surface area contributed by atoms with Crippen molar-refractivity contribution in [1.29, 1.82) is 0 Å². The second-order valence-corrected chi connectivity index (χ2v) is 8.64. The van der Waals surface area contributed by atoms with E-state index in [1.165, 1.54) is 6.07 Å². The molecule has 1 aliphatic heterocycles. The Labute approximate surface area is 164 Å². The van der Waals surface area contributed by atoms with E-state index in [2.05, 4.69) is 10.0 Å². The lowest BCUT2D eigenvalue weighted by Gasteiger charge is -2.30. The number of hydrogen-bond donors (Lipinski definition) is 3. The number of esters is 1. The number of anilines is 1. The lowest BCUT2D eigenvalue weighted by molar-refractivity contribution is -0.143. The molecule has 3 N–H and O–H groups in total. The Morgan fingerprint density at radius 2 is 1.79 bits per heavy atom. The largest absolute Gasteiger partial charge is 0.478 e. The molecule has 9 heteroatoms. The average molecular weight is 408 g/mol. The van der Waals surface area contributed by atoms with Crippen molar-refractivity contribution in [2.24, 2.45) is 0 Å². The van der Waals surface area contributed by atoms with Crippen LogP contribution in [0.3, 0.4) is 0 Å². The van der Waals surface area contributed by atoms with Crippen molar-refractivity contribution in [2.45, 2.75) is 39.7 Å².